The van der Waals surface area contributed by atoms with Crippen molar-refractivity contribution in [1.29, 1.82) is 0 Å². The topological polar surface area (TPSA) is 84.7 Å². The molecule has 1 fully saturated rings. The lowest BCUT2D eigenvalue weighted by atomic mass is 10.1. The number of nitrogens with zero attached hydrogens (tertiary/aromatic N) is 2. The summed E-state index contributed by atoms with van der Waals surface area (Å²) in [6.45, 7) is 0.431. The van der Waals surface area contributed by atoms with Gasteiger partial charge in [-0.25, -0.2) is 4.39 Å². The van der Waals surface area contributed by atoms with Gasteiger partial charge in [-0.15, -0.1) is 0 Å². The Labute approximate surface area is 172 Å². The second-order valence-electron chi connectivity index (χ2n) is 6.98. The maximum atomic E-state index is 13.9. The number of amides is 2. The van der Waals surface area contributed by atoms with Crippen LogP contribution in [0.4, 0.5) is 10.1 Å². The first-order valence-corrected chi connectivity index (χ1v) is 9.48. The van der Waals surface area contributed by atoms with E-state index in [1.165, 1.54) is 6.07 Å². The number of nitrogens with one attached hydrogen (secondary N) is 1. The van der Waals surface area contributed by atoms with E-state index in [-0.39, 0.29) is 24.8 Å². The number of methoxy groups -OCH3 is 1. The molecule has 1 atom stereocenters. The van der Waals surface area contributed by atoms with Crippen LogP contribution in [0.15, 0.2) is 59.1 Å². The van der Waals surface area contributed by atoms with Crippen LogP contribution in [0.2, 0.25) is 0 Å². The molecule has 0 bridgehead atoms. The number of carbonyl (C=O) groups is 2. The minimum atomic E-state index is -0.461. The normalized spacial score (nSPS) is 16.0. The monoisotopic (exact) mass is 409 g/mol. The van der Waals surface area contributed by atoms with Gasteiger partial charge in [0.15, 0.2) is 5.76 Å². The van der Waals surface area contributed by atoms with Gasteiger partial charge in [0.2, 0.25) is 11.8 Å². The zero-order chi connectivity index (χ0) is 21.1. The lowest BCUT2D eigenvalue weighted by Crippen LogP contribution is -2.32. The van der Waals surface area contributed by atoms with Crippen molar-refractivity contribution in [3.8, 4) is 17.1 Å². The molecule has 4 rings (SSSR count). The SMILES string of the molecule is COc1ccc(N2C[C@@H](C(=O)NCc3cc(-c4ccccc4F)on3)CC2=O)cc1. The van der Waals surface area contributed by atoms with Crippen LogP contribution in [-0.2, 0) is 16.1 Å². The number of rotatable bonds is 6. The molecule has 1 aliphatic rings. The Balaban J connectivity index is 1.36. The first-order chi connectivity index (χ1) is 14.5. The molecule has 0 spiro atoms. The minimum Gasteiger partial charge on any atom is -0.497 e. The molecule has 30 heavy (non-hydrogen) atoms. The van der Waals surface area contributed by atoms with E-state index in [1.807, 2.05) is 0 Å². The second-order valence-corrected chi connectivity index (χ2v) is 6.98. The first-order valence-electron chi connectivity index (χ1n) is 9.48. The minimum absolute atomic E-state index is 0.108. The van der Waals surface area contributed by atoms with Gasteiger partial charge in [-0.3, -0.25) is 9.59 Å². The van der Waals surface area contributed by atoms with Crippen molar-refractivity contribution in [3.05, 3.63) is 66.1 Å². The van der Waals surface area contributed by atoms with E-state index in [9.17, 15) is 14.0 Å². The Morgan fingerprint density at radius 2 is 2.03 bits per heavy atom. The first kappa shape index (κ1) is 19.6. The van der Waals surface area contributed by atoms with Crippen molar-refractivity contribution in [3.63, 3.8) is 0 Å². The van der Waals surface area contributed by atoms with Gasteiger partial charge in [-0.05, 0) is 36.4 Å². The van der Waals surface area contributed by atoms with Crippen LogP contribution in [0.3, 0.4) is 0 Å². The zero-order valence-electron chi connectivity index (χ0n) is 16.3. The number of hydrogen-bond acceptors (Lipinski definition) is 5. The lowest BCUT2D eigenvalue weighted by Gasteiger charge is -2.17. The van der Waals surface area contributed by atoms with Crippen molar-refractivity contribution >= 4 is 17.5 Å². The molecule has 8 heteroatoms. The van der Waals surface area contributed by atoms with Crippen molar-refractivity contribution in [2.75, 3.05) is 18.6 Å². The smallest absolute Gasteiger partial charge is 0.227 e. The van der Waals surface area contributed by atoms with Gasteiger partial charge in [-0.2, -0.15) is 0 Å². The highest BCUT2D eigenvalue weighted by Crippen LogP contribution is 2.27. The van der Waals surface area contributed by atoms with E-state index in [0.717, 1.165) is 5.69 Å². The Morgan fingerprint density at radius 1 is 1.27 bits per heavy atom. The quantitative estimate of drug-likeness (QED) is 0.676. The van der Waals surface area contributed by atoms with Crippen LogP contribution >= 0.6 is 0 Å². The van der Waals surface area contributed by atoms with Gasteiger partial charge in [0.1, 0.15) is 17.3 Å². The average molecular weight is 409 g/mol. The molecular formula is C22H20FN3O4. The summed E-state index contributed by atoms with van der Waals surface area (Å²) in [6, 6.07) is 14.9. The molecule has 7 nitrogen and oxygen atoms in total. The fourth-order valence-electron chi connectivity index (χ4n) is 3.40. The number of anilines is 1. The van der Waals surface area contributed by atoms with Crippen LogP contribution in [0.5, 0.6) is 5.75 Å². The van der Waals surface area contributed by atoms with Gasteiger partial charge in [-0.1, -0.05) is 17.3 Å². The van der Waals surface area contributed by atoms with Crippen LogP contribution in [-0.4, -0.2) is 30.6 Å². The fourth-order valence-corrected chi connectivity index (χ4v) is 3.40. The number of carbonyl (C=O) groups excluding carboxylic acids is 2. The van der Waals surface area contributed by atoms with Crippen molar-refractivity contribution < 1.29 is 23.2 Å². The third-order valence-electron chi connectivity index (χ3n) is 5.02. The van der Waals surface area contributed by atoms with Gasteiger partial charge < -0.3 is 19.5 Å². The maximum Gasteiger partial charge on any atom is 0.227 e. The van der Waals surface area contributed by atoms with Crippen LogP contribution in [0, 0.1) is 11.7 Å². The maximum absolute atomic E-state index is 13.9. The van der Waals surface area contributed by atoms with Crippen LogP contribution in [0.25, 0.3) is 11.3 Å². The van der Waals surface area contributed by atoms with Crippen LogP contribution in [0.1, 0.15) is 12.1 Å². The number of benzene rings is 2. The van der Waals surface area contributed by atoms with Crippen molar-refractivity contribution in [2.45, 2.75) is 13.0 Å². The van der Waals surface area contributed by atoms with Gasteiger partial charge in [0, 0.05) is 24.7 Å². The van der Waals surface area contributed by atoms with Gasteiger partial charge in [0.25, 0.3) is 0 Å². The lowest BCUT2D eigenvalue weighted by molar-refractivity contribution is -0.126. The molecule has 0 radical (unpaired) electrons. The molecule has 0 unspecified atom stereocenters. The van der Waals surface area contributed by atoms with E-state index in [2.05, 4.69) is 10.5 Å². The standard InChI is InChI=1S/C22H20FN3O4/c1-29-17-8-6-16(7-9-17)26-13-14(10-21(26)27)22(28)24-12-15-11-20(30-25-15)18-4-2-3-5-19(18)23/h2-9,11,14H,10,12-13H2,1H3,(H,24,28)/t14-/m0/s1. The van der Waals surface area contributed by atoms with Crippen LogP contribution < -0.4 is 15.0 Å². The van der Waals surface area contributed by atoms with E-state index in [4.69, 9.17) is 9.26 Å². The Morgan fingerprint density at radius 3 is 2.77 bits per heavy atom. The largest absolute Gasteiger partial charge is 0.497 e. The highest BCUT2D eigenvalue weighted by atomic mass is 19.1. The fraction of sp³-hybridized carbons (Fsp3) is 0.227. The summed E-state index contributed by atoms with van der Waals surface area (Å²) < 4.78 is 24.2. The van der Waals surface area contributed by atoms with Crippen molar-refractivity contribution in [2.24, 2.45) is 5.92 Å². The molecule has 1 aromatic heterocycles. The van der Waals surface area contributed by atoms with E-state index in [0.29, 0.717) is 29.3 Å². The summed E-state index contributed by atoms with van der Waals surface area (Å²) in [5.74, 6) is -0.232. The van der Waals surface area contributed by atoms with Crippen molar-refractivity contribution in [1.82, 2.24) is 10.5 Å². The predicted octanol–water partition coefficient (Wildman–Crippen LogP) is 3.16. The molecule has 2 heterocycles. The average Bonchev–Trinajstić information content (AvgIpc) is 3.39. The number of halogens is 1. The van der Waals surface area contributed by atoms with E-state index < -0.39 is 11.7 Å². The molecule has 1 saturated heterocycles. The van der Waals surface area contributed by atoms with Gasteiger partial charge >= 0.3 is 0 Å². The molecule has 1 aliphatic heterocycles. The van der Waals surface area contributed by atoms with E-state index in [1.54, 1.807) is 60.5 Å². The molecule has 154 valence electrons. The summed E-state index contributed by atoms with van der Waals surface area (Å²) >= 11 is 0. The number of aromatic nitrogens is 1. The third-order valence-corrected chi connectivity index (χ3v) is 5.02. The summed E-state index contributed by atoms with van der Waals surface area (Å²) in [4.78, 5) is 26.5. The summed E-state index contributed by atoms with van der Waals surface area (Å²) in [5, 5.41) is 6.66. The summed E-state index contributed by atoms with van der Waals surface area (Å²) in [6.07, 6.45) is 0.136. The Hall–Kier alpha value is -3.68. The molecule has 0 aliphatic carbocycles. The molecule has 3 aromatic rings. The summed E-state index contributed by atoms with van der Waals surface area (Å²) in [5.41, 5.74) is 1.50. The second kappa shape index (κ2) is 8.36. The molecular weight excluding hydrogens is 389 g/mol. The molecule has 1 N–H and O–H groups in total. The zero-order valence-corrected chi connectivity index (χ0v) is 16.3. The Bertz CT molecular complexity index is 1060. The molecule has 0 saturated carbocycles. The third kappa shape index (κ3) is 4.03. The van der Waals surface area contributed by atoms with Gasteiger partial charge in [0.05, 0.1) is 25.1 Å². The molecule has 2 amide bonds. The van der Waals surface area contributed by atoms with E-state index >= 15 is 0 Å². The number of hydrogen-bond donors (Lipinski definition) is 1. The number of ether oxygens (including phenoxy) is 1. The molecule has 2 aromatic carbocycles. The highest BCUT2D eigenvalue weighted by molar-refractivity contribution is 6.00. The highest BCUT2D eigenvalue weighted by Gasteiger charge is 2.35. The summed E-state index contributed by atoms with van der Waals surface area (Å²) in [7, 11) is 1.57. The predicted molar refractivity (Wildman–Crippen MR) is 107 cm³/mol. The Kier molecular flexibility index (Phi) is 5.47.